The van der Waals surface area contributed by atoms with Gasteiger partial charge in [0, 0.05) is 24.3 Å². The van der Waals surface area contributed by atoms with Crippen molar-refractivity contribution in [2.24, 2.45) is 5.73 Å². The van der Waals surface area contributed by atoms with Gasteiger partial charge in [-0.2, -0.15) is 5.26 Å². The van der Waals surface area contributed by atoms with Crippen molar-refractivity contribution >= 4 is 11.6 Å². The van der Waals surface area contributed by atoms with E-state index in [1.807, 2.05) is 16.8 Å². The molecule has 5 heteroatoms. The molecule has 0 bridgehead atoms. The number of hydrogen-bond donors (Lipinski definition) is 1. The number of rotatable bonds is 3. The molecule has 4 nitrogen and oxygen atoms in total. The first-order valence-electron chi connectivity index (χ1n) is 5.12. The van der Waals surface area contributed by atoms with Crippen molar-refractivity contribution in [1.82, 2.24) is 9.55 Å². The van der Waals surface area contributed by atoms with Gasteiger partial charge < -0.3 is 10.3 Å². The van der Waals surface area contributed by atoms with Crippen LogP contribution in [0.25, 0.3) is 0 Å². The quantitative estimate of drug-likeness (QED) is 0.900. The Morgan fingerprint density at radius 3 is 2.88 bits per heavy atom. The highest BCUT2D eigenvalue weighted by molar-refractivity contribution is 6.31. The fourth-order valence-corrected chi connectivity index (χ4v) is 1.78. The number of aromatic nitrogens is 2. The normalized spacial score (nSPS) is 10.2. The first kappa shape index (κ1) is 11.6. The Kier molecular flexibility index (Phi) is 3.43. The maximum atomic E-state index is 8.74. The molecule has 0 fully saturated rings. The van der Waals surface area contributed by atoms with Crippen molar-refractivity contribution < 1.29 is 0 Å². The van der Waals surface area contributed by atoms with Crippen molar-refractivity contribution in [3.05, 3.63) is 52.6 Å². The van der Waals surface area contributed by atoms with Gasteiger partial charge in [0.15, 0.2) is 0 Å². The van der Waals surface area contributed by atoms with Gasteiger partial charge in [-0.1, -0.05) is 17.7 Å². The highest BCUT2D eigenvalue weighted by Gasteiger charge is 2.03. The number of nitrogens with zero attached hydrogens (tertiary/aromatic N) is 3. The molecule has 0 unspecified atom stereocenters. The molecule has 0 spiro atoms. The van der Waals surface area contributed by atoms with Gasteiger partial charge in [-0.25, -0.2) is 4.98 Å². The van der Waals surface area contributed by atoms with E-state index in [0.29, 0.717) is 23.7 Å². The number of imidazole rings is 1. The van der Waals surface area contributed by atoms with Gasteiger partial charge in [0.25, 0.3) is 0 Å². The van der Waals surface area contributed by atoms with Gasteiger partial charge in [0.1, 0.15) is 0 Å². The lowest BCUT2D eigenvalue weighted by Crippen LogP contribution is -1.99. The molecule has 0 aliphatic heterocycles. The zero-order chi connectivity index (χ0) is 12.3. The third-order valence-electron chi connectivity index (χ3n) is 2.43. The van der Waals surface area contributed by atoms with Crippen molar-refractivity contribution in [2.45, 2.75) is 13.1 Å². The van der Waals surface area contributed by atoms with Crippen LogP contribution in [0.4, 0.5) is 0 Å². The number of benzene rings is 1. The molecule has 0 saturated heterocycles. The lowest BCUT2D eigenvalue weighted by molar-refractivity contribution is 0.796. The van der Waals surface area contributed by atoms with Crippen LogP contribution in [0.15, 0.2) is 30.7 Å². The summed E-state index contributed by atoms with van der Waals surface area (Å²) in [5, 5.41) is 9.33. The molecule has 0 amide bonds. The van der Waals surface area contributed by atoms with Gasteiger partial charge in [-0.3, -0.25) is 0 Å². The number of nitriles is 1. The van der Waals surface area contributed by atoms with Crippen LogP contribution in [-0.4, -0.2) is 9.55 Å². The molecule has 1 aromatic carbocycles. The SMILES string of the molecule is N#Cc1ccc(Cn2cnc(CN)c2)c(Cl)c1. The molecule has 0 radical (unpaired) electrons. The zero-order valence-corrected chi connectivity index (χ0v) is 9.85. The van der Waals surface area contributed by atoms with Crippen LogP contribution in [0.5, 0.6) is 0 Å². The molecule has 0 aliphatic rings. The first-order valence-corrected chi connectivity index (χ1v) is 5.50. The summed E-state index contributed by atoms with van der Waals surface area (Å²) in [4.78, 5) is 4.14. The monoisotopic (exact) mass is 246 g/mol. The molecule has 1 aromatic heterocycles. The van der Waals surface area contributed by atoms with E-state index in [9.17, 15) is 0 Å². The van der Waals surface area contributed by atoms with Crippen molar-refractivity contribution in [3.63, 3.8) is 0 Å². The number of hydrogen-bond acceptors (Lipinski definition) is 3. The molecule has 2 rings (SSSR count). The van der Waals surface area contributed by atoms with E-state index >= 15 is 0 Å². The summed E-state index contributed by atoms with van der Waals surface area (Å²) >= 11 is 6.09. The van der Waals surface area contributed by atoms with Crippen LogP contribution < -0.4 is 5.73 Å². The van der Waals surface area contributed by atoms with E-state index in [-0.39, 0.29) is 0 Å². The smallest absolute Gasteiger partial charge is 0.0992 e. The average Bonchev–Trinajstić information content (AvgIpc) is 2.79. The lowest BCUT2D eigenvalue weighted by atomic mass is 10.1. The Hall–Kier alpha value is -1.83. The third-order valence-corrected chi connectivity index (χ3v) is 2.78. The molecule has 0 saturated carbocycles. The predicted molar refractivity (Wildman–Crippen MR) is 65.4 cm³/mol. The summed E-state index contributed by atoms with van der Waals surface area (Å²) in [6.45, 7) is 1.05. The Balaban J connectivity index is 2.21. The van der Waals surface area contributed by atoms with Gasteiger partial charge in [0.2, 0.25) is 0 Å². The van der Waals surface area contributed by atoms with Crippen LogP contribution in [0, 0.1) is 11.3 Å². The molecule has 17 heavy (non-hydrogen) atoms. The second kappa shape index (κ2) is 5.00. The van der Waals surface area contributed by atoms with Gasteiger partial charge in [0.05, 0.1) is 23.7 Å². The van der Waals surface area contributed by atoms with E-state index in [2.05, 4.69) is 11.1 Å². The molecule has 0 aliphatic carbocycles. The lowest BCUT2D eigenvalue weighted by Gasteiger charge is -2.05. The Morgan fingerprint density at radius 1 is 1.47 bits per heavy atom. The molecule has 1 heterocycles. The van der Waals surface area contributed by atoms with Crippen molar-refractivity contribution in [3.8, 4) is 6.07 Å². The second-order valence-corrected chi connectivity index (χ2v) is 4.07. The molecular weight excluding hydrogens is 236 g/mol. The van der Waals surface area contributed by atoms with E-state index < -0.39 is 0 Å². The summed E-state index contributed by atoms with van der Waals surface area (Å²) in [6, 6.07) is 7.32. The summed E-state index contributed by atoms with van der Waals surface area (Å²) in [6.07, 6.45) is 3.60. The number of halogens is 1. The van der Waals surface area contributed by atoms with E-state index in [1.165, 1.54) is 0 Å². The zero-order valence-electron chi connectivity index (χ0n) is 9.10. The van der Waals surface area contributed by atoms with Gasteiger partial charge >= 0.3 is 0 Å². The van der Waals surface area contributed by atoms with Gasteiger partial charge in [-0.15, -0.1) is 0 Å². The Labute approximate surface area is 104 Å². The minimum absolute atomic E-state index is 0.425. The topological polar surface area (TPSA) is 67.6 Å². The van der Waals surface area contributed by atoms with E-state index in [4.69, 9.17) is 22.6 Å². The molecule has 2 aromatic rings. The van der Waals surface area contributed by atoms with Crippen LogP contribution in [0.1, 0.15) is 16.8 Å². The van der Waals surface area contributed by atoms with Crippen LogP contribution >= 0.6 is 11.6 Å². The highest BCUT2D eigenvalue weighted by Crippen LogP contribution is 2.18. The minimum atomic E-state index is 0.425. The molecule has 86 valence electrons. The maximum absolute atomic E-state index is 8.74. The summed E-state index contributed by atoms with van der Waals surface area (Å²) in [5.41, 5.74) is 7.84. The van der Waals surface area contributed by atoms with Crippen LogP contribution in [0.3, 0.4) is 0 Å². The largest absolute Gasteiger partial charge is 0.333 e. The second-order valence-electron chi connectivity index (χ2n) is 3.66. The third kappa shape index (κ3) is 2.64. The Bertz CT molecular complexity index is 568. The van der Waals surface area contributed by atoms with Gasteiger partial charge in [-0.05, 0) is 17.7 Å². The van der Waals surface area contributed by atoms with Crippen LogP contribution in [0.2, 0.25) is 5.02 Å². The maximum Gasteiger partial charge on any atom is 0.0992 e. The van der Waals surface area contributed by atoms with Crippen molar-refractivity contribution in [1.29, 1.82) is 5.26 Å². The van der Waals surface area contributed by atoms with Crippen LogP contribution in [-0.2, 0) is 13.1 Å². The predicted octanol–water partition coefficient (Wildman–Crippen LogP) is 1.92. The Morgan fingerprint density at radius 2 is 2.29 bits per heavy atom. The number of nitrogens with two attached hydrogens (primary N) is 1. The first-order chi connectivity index (χ1) is 8.22. The molecular formula is C12H11ClN4. The highest BCUT2D eigenvalue weighted by atomic mass is 35.5. The van der Waals surface area contributed by atoms with Crippen molar-refractivity contribution in [2.75, 3.05) is 0 Å². The summed E-state index contributed by atoms with van der Waals surface area (Å²) in [5.74, 6) is 0. The average molecular weight is 247 g/mol. The van der Waals surface area contributed by atoms with E-state index in [0.717, 1.165) is 11.3 Å². The molecule has 2 N–H and O–H groups in total. The summed E-state index contributed by atoms with van der Waals surface area (Å²) < 4.78 is 1.91. The fraction of sp³-hybridized carbons (Fsp3) is 0.167. The standard InChI is InChI=1S/C12H11ClN4/c13-12-3-9(4-14)1-2-10(12)6-17-7-11(5-15)16-8-17/h1-3,7-8H,5-6,15H2. The minimum Gasteiger partial charge on any atom is -0.333 e. The fourth-order valence-electron chi connectivity index (χ4n) is 1.54. The summed E-state index contributed by atoms with van der Waals surface area (Å²) in [7, 11) is 0. The molecule has 0 atom stereocenters. The van der Waals surface area contributed by atoms with E-state index in [1.54, 1.807) is 18.5 Å².